The molecule has 0 aromatic carbocycles. The summed E-state index contributed by atoms with van der Waals surface area (Å²) < 4.78 is 5.53. The monoisotopic (exact) mass is 343 g/mol. The third-order valence-electron chi connectivity index (χ3n) is 5.81. The summed E-state index contributed by atoms with van der Waals surface area (Å²) in [6.07, 6.45) is 7.45. The van der Waals surface area contributed by atoms with Gasteiger partial charge in [0, 0.05) is 31.8 Å². The molecule has 0 spiro atoms. The molecule has 136 valence electrons. The molecule has 1 aromatic rings. The number of ether oxygens (including phenoxy) is 1. The van der Waals surface area contributed by atoms with Crippen molar-refractivity contribution in [3.63, 3.8) is 0 Å². The number of amides is 1. The number of likely N-dealkylation sites (tertiary alicyclic amines) is 1. The molecule has 4 rings (SSSR count). The Morgan fingerprint density at radius 3 is 2.96 bits per heavy atom. The summed E-state index contributed by atoms with van der Waals surface area (Å²) in [5, 5.41) is 3.33. The summed E-state index contributed by atoms with van der Waals surface area (Å²) in [4.78, 5) is 19.6. The number of aromatic nitrogens is 1. The Kier molecular flexibility index (Phi) is 5.32. The lowest BCUT2D eigenvalue weighted by molar-refractivity contribution is -0.123. The van der Waals surface area contributed by atoms with Gasteiger partial charge in [-0.15, -0.1) is 0 Å². The van der Waals surface area contributed by atoms with Gasteiger partial charge in [0.1, 0.15) is 0 Å². The minimum absolute atomic E-state index is 0.0388. The van der Waals surface area contributed by atoms with Crippen molar-refractivity contribution in [3.05, 3.63) is 30.1 Å². The van der Waals surface area contributed by atoms with E-state index in [9.17, 15) is 4.79 Å². The van der Waals surface area contributed by atoms with Crippen LogP contribution in [0.2, 0.25) is 0 Å². The third kappa shape index (κ3) is 4.39. The lowest BCUT2D eigenvalue weighted by atomic mass is 9.87. The fraction of sp³-hybridized carbons (Fsp3) is 0.700. The van der Waals surface area contributed by atoms with Crippen LogP contribution in [0.25, 0.3) is 0 Å². The zero-order valence-electron chi connectivity index (χ0n) is 14.9. The van der Waals surface area contributed by atoms with Crippen LogP contribution in [-0.2, 0) is 9.53 Å². The molecule has 0 radical (unpaired) electrons. The van der Waals surface area contributed by atoms with Crippen LogP contribution in [-0.4, -0.2) is 48.6 Å². The van der Waals surface area contributed by atoms with Crippen molar-refractivity contribution in [2.24, 2.45) is 17.8 Å². The van der Waals surface area contributed by atoms with Crippen LogP contribution in [0, 0.1) is 17.8 Å². The van der Waals surface area contributed by atoms with E-state index < -0.39 is 0 Å². The predicted octanol–water partition coefficient (Wildman–Crippen LogP) is 2.40. The maximum absolute atomic E-state index is 12.4. The highest BCUT2D eigenvalue weighted by Gasteiger charge is 2.35. The Bertz CT molecular complexity index is 570. The Hall–Kier alpha value is -1.46. The molecule has 3 atom stereocenters. The number of piperidine rings is 1. The smallest absolute Gasteiger partial charge is 0.223 e. The number of carbonyl (C=O) groups is 1. The first-order chi connectivity index (χ1) is 12.3. The summed E-state index contributed by atoms with van der Waals surface area (Å²) in [5.41, 5.74) is 1.01. The highest BCUT2D eigenvalue weighted by atomic mass is 16.5. The molecule has 3 aliphatic rings. The highest BCUT2D eigenvalue weighted by Crippen LogP contribution is 2.33. The maximum Gasteiger partial charge on any atom is 0.223 e. The van der Waals surface area contributed by atoms with Crippen LogP contribution in [0.15, 0.2) is 24.4 Å². The summed E-state index contributed by atoms with van der Waals surface area (Å²) in [6.45, 7) is 5.16. The minimum Gasteiger partial charge on any atom is -0.381 e. The highest BCUT2D eigenvalue weighted by molar-refractivity contribution is 5.81. The topological polar surface area (TPSA) is 54.5 Å². The third-order valence-corrected chi connectivity index (χ3v) is 5.81. The molecule has 3 unspecified atom stereocenters. The molecule has 2 saturated heterocycles. The number of pyridine rings is 1. The van der Waals surface area contributed by atoms with E-state index in [1.54, 1.807) is 0 Å². The van der Waals surface area contributed by atoms with E-state index in [0.29, 0.717) is 11.8 Å². The fourth-order valence-electron chi connectivity index (χ4n) is 4.23. The standard InChI is InChI=1S/C20H29N3O2/c24-20(16-6-7-16)22-19(18-5-1-2-9-21-18)17-4-3-10-23(13-17)12-15-8-11-25-14-15/h1-2,5,9,15-17,19H,3-4,6-8,10-14H2,(H,22,24). The zero-order chi connectivity index (χ0) is 17.1. The van der Waals surface area contributed by atoms with Gasteiger partial charge >= 0.3 is 0 Å². The second kappa shape index (κ2) is 7.83. The normalized spacial score (nSPS) is 28.6. The quantitative estimate of drug-likeness (QED) is 0.862. The van der Waals surface area contributed by atoms with Gasteiger partial charge in [-0.05, 0) is 62.6 Å². The second-order valence-electron chi connectivity index (χ2n) is 7.91. The first kappa shape index (κ1) is 17.0. The average Bonchev–Trinajstić information content (AvgIpc) is 3.38. The molecule has 5 heteroatoms. The summed E-state index contributed by atoms with van der Waals surface area (Å²) in [6, 6.07) is 6.06. The van der Waals surface area contributed by atoms with Gasteiger partial charge in [0.15, 0.2) is 0 Å². The Labute approximate surface area is 150 Å². The van der Waals surface area contributed by atoms with Crippen LogP contribution in [0.4, 0.5) is 0 Å². The van der Waals surface area contributed by atoms with E-state index in [4.69, 9.17) is 4.74 Å². The molecule has 0 bridgehead atoms. The molecule has 25 heavy (non-hydrogen) atoms. The Morgan fingerprint density at radius 2 is 2.24 bits per heavy atom. The van der Waals surface area contributed by atoms with E-state index in [1.165, 1.54) is 19.4 Å². The average molecular weight is 343 g/mol. The molecule has 1 N–H and O–H groups in total. The van der Waals surface area contributed by atoms with Crippen LogP contribution in [0.3, 0.4) is 0 Å². The van der Waals surface area contributed by atoms with Crippen molar-refractivity contribution in [3.8, 4) is 0 Å². The number of rotatable bonds is 6. The van der Waals surface area contributed by atoms with E-state index in [0.717, 1.165) is 51.3 Å². The van der Waals surface area contributed by atoms with Crippen LogP contribution in [0.5, 0.6) is 0 Å². The molecular weight excluding hydrogens is 314 g/mol. The molecular formula is C20H29N3O2. The Morgan fingerprint density at radius 1 is 1.32 bits per heavy atom. The number of hydrogen-bond donors (Lipinski definition) is 1. The zero-order valence-corrected chi connectivity index (χ0v) is 14.9. The lowest BCUT2D eigenvalue weighted by Gasteiger charge is -2.38. The number of carbonyl (C=O) groups excluding carboxylic acids is 1. The van der Waals surface area contributed by atoms with Crippen molar-refractivity contribution in [1.29, 1.82) is 0 Å². The van der Waals surface area contributed by atoms with E-state index >= 15 is 0 Å². The van der Waals surface area contributed by atoms with E-state index in [1.807, 2.05) is 18.3 Å². The van der Waals surface area contributed by atoms with Gasteiger partial charge in [-0.1, -0.05) is 6.07 Å². The number of nitrogens with zero attached hydrogens (tertiary/aromatic N) is 2. The molecule has 1 aromatic heterocycles. The number of hydrogen-bond acceptors (Lipinski definition) is 4. The largest absolute Gasteiger partial charge is 0.381 e. The molecule has 3 fully saturated rings. The fourth-order valence-corrected chi connectivity index (χ4v) is 4.23. The van der Waals surface area contributed by atoms with Gasteiger partial charge in [-0.25, -0.2) is 0 Å². The number of nitrogens with one attached hydrogen (secondary N) is 1. The lowest BCUT2D eigenvalue weighted by Crippen LogP contribution is -2.45. The first-order valence-corrected chi connectivity index (χ1v) is 9.81. The van der Waals surface area contributed by atoms with Gasteiger partial charge in [0.05, 0.1) is 18.3 Å². The van der Waals surface area contributed by atoms with Gasteiger partial charge in [-0.2, -0.15) is 0 Å². The van der Waals surface area contributed by atoms with Gasteiger partial charge in [0.2, 0.25) is 5.91 Å². The molecule has 1 aliphatic carbocycles. The van der Waals surface area contributed by atoms with Gasteiger partial charge in [-0.3, -0.25) is 9.78 Å². The van der Waals surface area contributed by atoms with Crippen molar-refractivity contribution in [2.45, 2.75) is 38.1 Å². The van der Waals surface area contributed by atoms with Crippen molar-refractivity contribution in [2.75, 3.05) is 32.8 Å². The van der Waals surface area contributed by atoms with Crippen LogP contribution in [0.1, 0.15) is 43.8 Å². The molecule has 1 saturated carbocycles. The van der Waals surface area contributed by atoms with Crippen molar-refractivity contribution in [1.82, 2.24) is 15.2 Å². The molecule has 2 aliphatic heterocycles. The maximum atomic E-state index is 12.4. The predicted molar refractivity (Wildman–Crippen MR) is 95.9 cm³/mol. The van der Waals surface area contributed by atoms with Gasteiger partial charge < -0.3 is 15.0 Å². The van der Waals surface area contributed by atoms with Crippen LogP contribution < -0.4 is 5.32 Å². The Balaban J connectivity index is 1.44. The van der Waals surface area contributed by atoms with Crippen molar-refractivity contribution < 1.29 is 9.53 Å². The van der Waals surface area contributed by atoms with Crippen LogP contribution >= 0.6 is 0 Å². The minimum atomic E-state index is 0.0388. The SMILES string of the molecule is O=C(NC(c1ccccn1)C1CCCN(CC2CCOC2)C1)C1CC1. The van der Waals surface area contributed by atoms with E-state index in [2.05, 4.69) is 21.3 Å². The summed E-state index contributed by atoms with van der Waals surface area (Å²) in [5.74, 6) is 1.57. The molecule has 5 nitrogen and oxygen atoms in total. The first-order valence-electron chi connectivity index (χ1n) is 9.81. The second-order valence-corrected chi connectivity index (χ2v) is 7.91. The molecule has 1 amide bonds. The molecule has 3 heterocycles. The van der Waals surface area contributed by atoms with E-state index in [-0.39, 0.29) is 17.9 Å². The summed E-state index contributed by atoms with van der Waals surface area (Å²) >= 11 is 0. The summed E-state index contributed by atoms with van der Waals surface area (Å²) in [7, 11) is 0. The van der Waals surface area contributed by atoms with Gasteiger partial charge in [0.25, 0.3) is 0 Å². The van der Waals surface area contributed by atoms with Crippen molar-refractivity contribution >= 4 is 5.91 Å².